The van der Waals surface area contributed by atoms with Gasteiger partial charge in [0.05, 0.1) is 0 Å². The number of anilines is 1. The minimum atomic E-state index is -0.437. The Morgan fingerprint density at radius 2 is 2.36 bits per heavy atom. The molecule has 0 aromatic carbocycles. The number of H-pyrrole nitrogens is 1. The van der Waals surface area contributed by atoms with E-state index in [4.69, 9.17) is 5.73 Å². The van der Waals surface area contributed by atoms with Crippen molar-refractivity contribution < 1.29 is 0 Å². The quantitative estimate of drug-likeness (QED) is 0.473. The first-order valence-electron chi connectivity index (χ1n) is 2.83. The average Bonchev–Trinajstić information content (AvgIpc) is 2.45. The van der Waals surface area contributed by atoms with Crippen molar-refractivity contribution in [3.8, 4) is 0 Å². The van der Waals surface area contributed by atoms with Gasteiger partial charge in [0, 0.05) is 0 Å². The van der Waals surface area contributed by atoms with E-state index in [1.54, 1.807) is 0 Å². The van der Waals surface area contributed by atoms with Gasteiger partial charge in [-0.3, -0.25) is 9.89 Å². The summed E-state index contributed by atoms with van der Waals surface area (Å²) in [6.45, 7) is 0. The Kier molecular flexibility index (Phi) is 0.945. The van der Waals surface area contributed by atoms with Gasteiger partial charge in [0.2, 0.25) is 5.82 Å². The minimum absolute atomic E-state index is 0.147. The van der Waals surface area contributed by atoms with Gasteiger partial charge in [0.15, 0.2) is 0 Å². The maximum atomic E-state index is 11.1. The fourth-order valence-corrected chi connectivity index (χ4v) is 0.736. The second-order valence-corrected chi connectivity index (χ2v) is 1.91. The van der Waals surface area contributed by atoms with E-state index in [9.17, 15) is 4.79 Å². The van der Waals surface area contributed by atoms with Crippen molar-refractivity contribution in [2.75, 3.05) is 5.73 Å². The highest BCUT2D eigenvalue weighted by Crippen LogP contribution is 1.86. The van der Waals surface area contributed by atoms with Gasteiger partial charge >= 0.3 is 5.56 Å². The first kappa shape index (κ1) is 5.83. The first-order chi connectivity index (χ1) is 5.29. The molecule has 2 aromatic rings. The van der Waals surface area contributed by atoms with Gasteiger partial charge in [0.1, 0.15) is 6.33 Å². The van der Waals surface area contributed by atoms with E-state index in [2.05, 4.69) is 20.3 Å². The zero-order valence-electron chi connectivity index (χ0n) is 5.35. The van der Waals surface area contributed by atoms with Gasteiger partial charge in [-0.1, -0.05) is 0 Å². The summed E-state index contributed by atoms with van der Waals surface area (Å²) in [5.41, 5.74) is 4.75. The number of aromatic nitrogens is 5. The molecule has 0 atom stereocenters. The molecule has 2 aromatic heterocycles. The maximum absolute atomic E-state index is 11.1. The van der Waals surface area contributed by atoms with Crippen molar-refractivity contribution in [1.82, 2.24) is 24.8 Å². The Morgan fingerprint density at radius 1 is 1.55 bits per heavy atom. The molecule has 0 aliphatic carbocycles. The number of hydrogen-bond acceptors (Lipinski definition) is 5. The third-order valence-electron chi connectivity index (χ3n) is 1.24. The number of nitrogens with two attached hydrogens (primary N) is 1. The molecule has 0 aliphatic rings. The molecule has 0 saturated carbocycles. The molecule has 0 amide bonds. The lowest BCUT2D eigenvalue weighted by Gasteiger charge is -1.89. The molecule has 2 heterocycles. The Morgan fingerprint density at radius 3 is 3.18 bits per heavy atom. The minimum Gasteiger partial charge on any atom is -0.378 e. The number of rotatable bonds is 0. The van der Waals surface area contributed by atoms with Crippen LogP contribution < -0.4 is 11.3 Å². The molecule has 7 nitrogen and oxygen atoms in total. The number of nitrogens with one attached hydrogen (secondary N) is 1. The topological polar surface area (TPSA) is 102 Å². The summed E-state index contributed by atoms with van der Waals surface area (Å²) in [6.07, 6.45) is 1.34. The molecule has 2 rings (SSSR count). The van der Waals surface area contributed by atoms with Crippen LogP contribution in [0.5, 0.6) is 0 Å². The highest BCUT2D eigenvalue weighted by atomic mass is 16.1. The summed E-state index contributed by atoms with van der Waals surface area (Å²) in [7, 11) is 0. The average molecular weight is 152 g/mol. The van der Waals surface area contributed by atoms with Crippen LogP contribution in [0.4, 0.5) is 5.82 Å². The molecule has 11 heavy (non-hydrogen) atoms. The maximum Gasteiger partial charge on any atom is 0.316 e. The van der Waals surface area contributed by atoms with E-state index >= 15 is 0 Å². The molecule has 0 bridgehead atoms. The van der Waals surface area contributed by atoms with Gasteiger partial charge in [0.25, 0.3) is 5.78 Å². The molecule has 0 unspecified atom stereocenters. The molecule has 0 fully saturated rings. The van der Waals surface area contributed by atoms with E-state index in [1.807, 2.05) is 0 Å². The zero-order chi connectivity index (χ0) is 7.84. The van der Waals surface area contributed by atoms with Crippen LogP contribution in [0.25, 0.3) is 5.78 Å². The lowest BCUT2D eigenvalue weighted by molar-refractivity contribution is 0.858. The molecule has 0 radical (unpaired) electrons. The summed E-state index contributed by atoms with van der Waals surface area (Å²) < 4.78 is 1.11. The number of nitrogen functional groups attached to an aromatic ring is 1. The molecular weight excluding hydrogens is 148 g/mol. The Labute approximate surface area is 59.9 Å². The lowest BCUT2D eigenvalue weighted by Crippen LogP contribution is -2.20. The van der Waals surface area contributed by atoms with Crippen molar-refractivity contribution >= 4 is 11.6 Å². The standard InChI is InChI=1S/C4H4N6O/c5-2-3(11)10-4(9-8-2)6-1-7-10/h1H,(H2,5,8)(H,6,7,9). The van der Waals surface area contributed by atoms with Crippen LogP contribution >= 0.6 is 0 Å². The second-order valence-electron chi connectivity index (χ2n) is 1.91. The van der Waals surface area contributed by atoms with Crippen LogP contribution in [0.2, 0.25) is 0 Å². The highest BCUT2D eigenvalue weighted by Gasteiger charge is 2.02. The third-order valence-corrected chi connectivity index (χ3v) is 1.24. The van der Waals surface area contributed by atoms with E-state index in [-0.39, 0.29) is 11.6 Å². The van der Waals surface area contributed by atoms with Crippen LogP contribution in [0, 0.1) is 0 Å². The van der Waals surface area contributed by atoms with E-state index in [0.717, 1.165) is 4.52 Å². The molecule has 56 valence electrons. The van der Waals surface area contributed by atoms with Crippen LogP contribution in [0.3, 0.4) is 0 Å². The zero-order valence-corrected chi connectivity index (χ0v) is 5.35. The monoisotopic (exact) mass is 152 g/mol. The van der Waals surface area contributed by atoms with Crippen molar-refractivity contribution in [3.05, 3.63) is 16.7 Å². The number of nitrogens with zero attached hydrogens (tertiary/aromatic N) is 4. The summed E-state index contributed by atoms with van der Waals surface area (Å²) in [4.78, 5) is 14.8. The van der Waals surface area contributed by atoms with E-state index in [1.165, 1.54) is 6.33 Å². The van der Waals surface area contributed by atoms with E-state index < -0.39 is 5.56 Å². The lowest BCUT2D eigenvalue weighted by atomic mass is 10.7. The van der Waals surface area contributed by atoms with Crippen LogP contribution in [-0.4, -0.2) is 24.8 Å². The second kappa shape index (κ2) is 1.78. The highest BCUT2D eigenvalue weighted by molar-refractivity contribution is 5.29. The predicted octanol–water partition coefficient (Wildman–Crippen LogP) is -1.61. The summed E-state index contributed by atoms with van der Waals surface area (Å²) in [6, 6.07) is 0. The number of fused-ring (bicyclic) bond motifs is 1. The van der Waals surface area contributed by atoms with E-state index in [0.29, 0.717) is 0 Å². The fourth-order valence-electron chi connectivity index (χ4n) is 0.736. The van der Waals surface area contributed by atoms with Gasteiger partial charge in [-0.2, -0.15) is 9.50 Å². The van der Waals surface area contributed by atoms with Crippen LogP contribution in [0.15, 0.2) is 11.1 Å². The van der Waals surface area contributed by atoms with Gasteiger partial charge in [-0.15, -0.1) is 10.2 Å². The molecule has 7 heteroatoms. The van der Waals surface area contributed by atoms with Gasteiger partial charge < -0.3 is 5.73 Å². The number of aromatic amines is 1. The first-order valence-corrected chi connectivity index (χ1v) is 2.83. The van der Waals surface area contributed by atoms with Crippen LogP contribution in [-0.2, 0) is 0 Å². The normalized spacial score (nSPS) is 10.5. The Balaban J connectivity index is 3.05. The summed E-state index contributed by atoms with van der Waals surface area (Å²) >= 11 is 0. The molecule has 0 saturated heterocycles. The largest absolute Gasteiger partial charge is 0.378 e. The van der Waals surface area contributed by atoms with Crippen molar-refractivity contribution in [2.45, 2.75) is 0 Å². The Hall–Kier alpha value is -1.92. The molecule has 0 aliphatic heterocycles. The van der Waals surface area contributed by atoms with Gasteiger partial charge in [-0.05, 0) is 0 Å². The van der Waals surface area contributed by atoms with Crippen molar-refractivity contribution in [1.29, 1.82) is 0 Å². The predicted molar refractivity (Wildman–Crippen MR) is 35.8 cm³/mol. The molecule has 3 N–H and O–H groups in total. The van der Waals surface area contributed by atoms with Crippen LogP contribution in [0.1, 0.15) is 0 Å². The van der Waals surface area contributed by atoms with Gasteiger partial charge in [-0.25, -0.2) is 0 Å². The fraction of sp³-hybridized carbons (Fsp3) is 0. The van der Waals surface area contributed by atoms with Crippen molar-refractivity contribution in [2.24, 2.45) is 0 Å². The smallest absolute Gasteiger partial charge is 0.316 e. The molecule has 0 spiro atoms. The third kappa shape index (κ3) is 0.672. The SMILES string of the molecule is Nc1nnc2nc[nH]n2c1=O. The Bertz CT molecular complexity index is 441. The summed E-state index contributed by atoms with van der Waals surface area (Å²) in [5, 5.41) is 9.48. The molecular formula is C4H4N6O. The summed E-state index contributed by atoms with van der Waals surface area (Å²) in [5.74, 6) is 0.0657. The number of hydrogen-bond donors (Lipinski definition) is 2. The van der Waals surface area contributed by atoms with Crippen molar-refractivity contribution in [3.63, 3.8) is 0 Å².